The fourth-order valence-corrected chi connectivity index (χ4v) is 5.60. The summed E-state index contributed by atoms with van der Waals surface area (Å²) in [4.78, 5) is 41.7. The van der Waals surface area contributed by atoms with Crippen LogP contribution in [-0.2, 0) is 14.3 Å². The maximum Gasteiger partial charge on any atom is 0.409 e. The molecule has 0 saturated carbocycles. The van der Waals surface area contributed by atoms with E-state index in [2.05, 4.69) is 44.1 Å². The number of rotatable bonds is 6. The van der Waals surface area contributed by atoms with E-state index in [0.29, 0.717) is 50.0 Å². The Kier molecular flexibility index (Phi) is 8.88. The molecule has 0 aliphatic carbocycles. The van der Waals surface area contributed by atoms with E-state index in [0.717, 1.165) is 32.4 Å². The predicted molar refractivity (Wildman–Crippen MR) is 147 cm³/mol. The lowest BCUT2D eigenvalue weighted by atomic mass is 9.94. The van der Waals surface area contributed by atoms with E-state index in [1.54, 1.807) is 11.8 Å². The van der Waals surface area contributed by atoms with Crippen LogP contribution in [0.2, 0.25) is 0 Å². The molecule has 0 bridgehead atoms. The van der Waals surface area contributed by atoms with Crippen LogP contribution in [0.3, 0.4) is 0 Å². The molecule has 3 aliphatic rings. The molecule has 5 unspecified atom stereocenters. The summed E-state index contributed by atoms with van der Waals surface area (Å²) < 4.78 is 12.7. The number of carbonyl (C=O) groups excluding carboxylic acids is 2. The average Bonchev–Trinajstić information content (AvgIpc) is 3.65. The number of aromatic nitrogens is 4. The second-order valence-electron chi connectivity index (χ2n) is 11.0. The normalized spacial score (nSPS) is 27.1. The Labute approximate surface area is 238 Å². The van der Waals surface area contributed by atoms with Gasteiger partial charge in [0.15, 0.2) is 23.8 Å². The van der Waals surface area contributed by atoms with E-state index in [-0.39, 0.29) is 23.4 Å². The molecule has 5 atom stereocenters. The number of aliphatic hydroxyl groups is 2. The quantitative estimate of drug-likeness (QED) is 0.335. The maximum atomic E-state index is 12.5. The van der Waals surface area contributed by atoms with Gasteiger partial charge in [-0.1, -0.05) is 5.92 Å². The van der Waals surface area contributed by atoms with Crippen molar-refractivity contribution in [1.82, 2.24) is 34.6 Å². The van der Waals surface area contributed by atoms with Gasteiger partial charge in [0.25, 0.3) is 5.91 Å². The Morgan fingerprint density at radius 1 is 1.17 bits per heavy atom. The zero-order valence-electron chi connectivity index (χ0n) is 23.4. The summed E-state index contributed by atoms with van der Waals surface area (Å²) in [5.74, 6) is 6.62. The molecule has 3 fully saturated rings. The number of amides is 2. The molecular weight excluding hydrogens is 532 g/mol. The highest BCUT2D eigenvalue weighted by molar-refractivity contribution is 5.83. The number of hydrogen-bond donors (Lipinski definition) is 4. The number of fused-ring (bicyclic) bond motifs is 1. The zero-order chi connectivity index (χ0) is 29.1. The molecule has 0 aromatic carbocycles. The van der Waals surface area contributed by atoms with E-state index in [1.165, 1.54) is 10.9 Å². The maximum absolute atomic E-state index is 12.5. The lowest BCUT2D eigenvalue weighted by Gasteiger charge is -2.30. The molecule has 2 aromatic heterocycles. The number of nitrogen functional groups attached to an aromatic ring is 1. The number of anilines is 1. The SMILES string of the molecule is CCNC(=O)C1OC(n2cnc3c(N)nc(C#CCC4CCN(C(=O)OCC5CCN(C)C5)CC4)nc32)C(O)C1O. The van der Waals surface area contributed by atoms with Crippen molar-refractivity contribution in [2.45, 2.75) is 57.1 Å². The van der Waals surface area contributed by atoms with Gasteiger partial charge in [0, 0.05) is 38.5 Å². The van der Waals surface area contributed by atoms with Crippen LogP contribution < -0.4 is 11.1 Å². The van der Waals surface area contributed by atoms with Gasteiger partial charge >= 0.3 is 6.09 Å². The number of nitrogens with zero attached hydrogens (tertiary/aromatic N) is 6. The number of imidazole rings is 1. The summed E-state index contributed by atoms with van der Waals surface area (Å²) in [6.45, 7) is 5.87. The Hall–Kier alpha value is -3.51. The number of hydrogen-bond acceptors (Lipinski definition) is 11. The van der Waals surface area contributed by atoms with Crippen molar-refractivity contribution in [3.63, 3.8) is 0 Å². The lowest BCUT2D eigenvalue weighted by molar-refractivity contribution is -0.137. The first-order valence-corrected chi connectivity index (χ1v) is 14.1. The van der Waals surface area contributed by atoms with Crippen molar-refractivity contribution in [2.75, 3.05) is 52.1 Å². The third-order valence-corrected chi connectivity index (χ3v) is 7.97. The number of likely N-dealkylation sites (N-methyl/N-ethyl adjacent to an activating group) is 1. The number of carbonyl (C=O) groups is 2. The van der Waals surface area contributed by atoms with Gasteiger partial charge in [-0.2, -0.15) is 0 Å². The highest BCUT2D eigenvalue weighted by atomic mass is 16.6. The molecule has 3 saturated heterocycles. The summed E-state index contributed by atoms with van der Waals surface area (Å²) in [6, 6.07) is 0. The minimum absolute atomic E-state index is 0.113. The highest BCUT2D eigenvalue weighted by Gasteiger charge is 2.47. The summed E-state index contributed by atoms with van der Waals surface area (Å²) in [5, 5.41) is 23.6. The molecule has 5 rings (SSSR count). The first-order chi connectivity index (χ1) is 19.7. The molecule has 5 heterocycles. The van der Waals surface area contributed by atoms with Crippen molar-refractivity contribution < 1.29 is 29.3 Å². The second kappa shape index (κ2) is 12.6. The minimum Gasteiger partial charge on any atom is -0.449 e. The standard InChI is InChI=1S/C27H38N8O6/c1-3-29-25(38)22-20(36)21(37)26(41-22)35-15-30-19-23(28)31-18(32-24(19)35)6-4-5-16-8-11-34(12-9-16)27(39)40-14-17-7-10-33(2)13-17/h15-17,20-22,26,36-37H,3,5,7-14H2,1-2H3,(H,29,38)(H2,28,31,32). The second-order valence-corrected chi connectivity index (χ2v) is 11.0. The average molecular weight is 571 g/mol. The van der Waals surface area contributed by atoms with Crippen molar-refractivity contribution in [1.29, 1.82) is 0 Å². The third kappa shape index (κ3) is 6.38. The largest absolute Gasteiger partial charge is 0.449 e. The Bertz CT molecular complexity index is 1320. The van der Waals surface area contributed by atoms with Crippen LogP contribution in [0, 0.1) is 23.7 Å². The van der Waals surface area contributed by atoms with E-state index >= 15 is 0 Å². The zero-order valence-corrected chi connectivity index (χ0v) is 23.4. The summed E-state index contributed by atoms with van der Waals surface area (Å²) in [7, 11) is 2.08. The van der Waals surface area contributed by atoms with Gasteiger partial charge in [0.05, 0.1) is 12.9 Å². The van der Waals surface area contributed by atoms with Gasteiger partial charge in [0.2, 0.25) is 5.82 Å². The third-order valence-electron chi connectivity index (χ3n) is 7.97. The van der Waals surface area contributed by atoms with Crippen LogP contribution in [0.4, 0.5) is 10.6 Å². The molecule has 14 nitrogen and oxygen atoms in total. The van der Waals surface area contributed by atoms with Gasteiger partial charge in [-0.25, -0.2) is 19.7 Å². The van der Waals surface area contributed by atoms with Gasteiger partial charge < -0.3 is 40.5 Å². The molecule has 2 aromatic rings. The van der Waals surface area contributed by atoms with Crippen LogP contribution in [0.15, 0.2) is 6.33 Å². The fraction of sp³-hybridized carbons (Fsp3) is 0.667. The molecule has 0 spiro atoms. The fourth-order valence-electron chi connectivity index (χ4n) is 5.60. The number of aliphatic hydroxyl groups excluding tert-OH is 2. The van der Waals surface area contributed by atoms with Crippen molar-refractivity contribution in [2.24, 2.45) is 11.8 Å². The molecule has 41 heavy (non-hydrogen) atoms. The minimum atomic E-state index is -1.43. The molecule has 0 radical (unpaired) electrons. The highest BCUT2D eigenvalue weighted by Crippen LogP contribution is 2.32. The Balaban J connectivity index is 1.18. The number of piperidine rings is 1. The molecular formula is C27H38N8O6. The van der Waals surface area contributed by atoms with Gasteiger partial charge in [-0.3, -0.25) is 9.36 Å². The molecule has 222 valence electrons. The number of ether oxygens (including phenoxy) is 2. The summed E-state index contributed by atoms with van der Waals surface area (Å²) >= 11 is 0. The van der Waals surface area contributed by atoms with E-state index in [1.807, 2.05) is 0 Å². The molecule has 2 amide bonds. The smallest absolute Gasteiger partial charge is 0.409 e. The van der Waals surface area contributed by atoms with Gasteiger partial charge in [-0.15, -0.1) is 0 Å². The Morgan fingerprint density at radius 2 is 1.93 bits per heavy atom. The Morgan fingerprint density at radius 3 is 2.63 bits per heavy atom. The first kappa shape index (κ1) is 29.0. The topological polar surface area (TPSA) is 181 Å². The molecule has 5 N–H and O–H groups in total. The monoisotopic (exact) mass is 570 g/mol. The summed E-state index contributed by atoms with van der Waals surface area (Å²) in [6.07, 6.45) is -0.688. The van der Waals surface area contributed by atoms with Gasteiger partial charge in [0.1, 0.15) is 17.7 Å². The molecule has 14 heteroatoms. The summed E-state index contributed by atoms with van der Waals surface area (Å²) in [5.41, 5.74) is 6.67. The van der Waals surface area contributed by atoms with E-state index < -0.39 is 30.4 Å². The van der Waals surface area contributed by atoms with Crippen molar-refractivity contribution in [3.8, 4) is 11.8 Å². The van der Waals surface area contributed by atoms with Crippen LogP contribution in [-0.4, -0.2) is 116 Å². The van der Waals surface area contributed by atoms with Crippen LogP contribution in [0.5, 0.6) is 0 Å². The van der Waals surface area contributed by atoms with Crippen molar-refractivity contribution in [3.05, 3.63) is 12.2 Å². The van der Waals surface area contributed by atoms with Gasteiger partial charge in [-0.05, 0) is 51.6 Å². The number of nitrogens with two attached hydrogens (primary N) is 1. The lowest BCUT2D eigenvalue weighted by Crippen LogP contribution is -2.42. The van der Waals surface area contributed by atoms with Crippen LogP contribution in [0.25, 0.3) is 11.2 Å². The number of nitrogens with one attached hydrogen (secondary N) is 1. The van der Waals surface area contributed by atoms with E-state index in [9.17, 15) is 19.8 Å². The van der Waals surface area contributed by atoms with Crippen molar-refractivity contribution >= 4 is 29.0 Å². The molecule has 3 aliphatic heterocycles. The van der Waals surface area contributed by atoms with Crippen LogP contribution >= 0.6 is 0 Å². The van der Waals surface area contributed by atoms with Crippen LogP contribution in [0.1, 0.15) is 44.7 Å². The number of likely N-dealkylation sites (tertiary alicyclic amines) is 2. The first-order valence-electron chi connectivity index (χ1n) is 14.1. The predicted octanol–water partition coefficient (Wildman–Crippen LogP) is -0.294. The van der Waals surface area contributed by atoms with E-state index in [4.69, 9.17) is 15.2 Å².